The zero-order valence-electron chi connectivity index (χ0n) is 39.3. The molecule has 0 N–H and O–H groups in total. The van der Waals surface area contributed by atoms with E-state index < -0.39 is 0 Å². The van der Waals surface area contributed by atoms with Crippen molar-refractivity contribution < 1.29 is 28.9 Å². The van der Waals surface area contributed by atoms with Crippen LogP contribution in [0.15, 0.2) is 179 Å². The number of nitrogens with zero attached hydrogens (tertiary/aromatic N) is 3. The number of pyridine rings is 1. The molecule has 0 spiro atoms. The molecule has 0 fully saturated rings. The Morgan fingerprint density at radius 2 is 1.24 bits per heavy atom. The van der Waals surface area contributed by atoms with Gasteiger partial charge in [0.1, 0.15) is 16.7 Å². The largest absolute Gasteiger partial charge is 0.501 e. The van der Waals surface area contributed by atoms with E-state index in [0.29, 0.717) is 0 Å². The Kier molecular flexibility index (Phi) is 11.7. The summed E-state index contributed by atoms with van der Waals surface area (Å²) in [6.07, 6.45) is 1.87. The fraction of sp³-hybridized carbons (Fsp3) is 0.161. The van der Waals surface area contributed by atoms with Crippen molar-refractivity contribution in [2.75, 3.05) is 0 Å². The second-order valence-electron chi connectivity index (χ2n) is 19.2. The van der Waals surface area contributed by atoms with E-state index in [-0.39, 0.29) is 37.4 Å². The van der Waals surface area contributed by atoms with Crippen LogP contribution in [-0.4, -0.2) is 14.5 Å². The van der Waals surface area contributed by atoms with Crippen LogP contribution in [0.1, 0.15) is 77.0 Å². The smallest absolute Gasteiger partial charge is 0.136 e. The van der Waals surface area contributed by atoms with Crippen LogP contribution in [0.25, 0.3) is 105 Å². The van der Waals surface area contributed by atoms with Crippen molar-refractivity contribution in [3.05, 3.63) is 199 Å². The van der Waals surface area contributed by atoms with E-state index in [2.05, 4.69) is 185 Å². The van der Waals surface area contributed by atoms with Crippen LogP contribution in [0.5, 0.6) is 0 Å². The summed E-state index contributed by atoms with van der Waals surface area (Å²) < 4.78 is 15.6. The van der Waals surface area contributed by atoms with Crippen LogP contribution in [0, 0.1) is 12.1 Å². The van der Waals surface area contributed by atoms with E-state index in [4.69, 9.17) is 13.8 Å². The molecule has 5 nitrogen and oxygen atoms in total. The molecule has 0 aliphatic rings. The van der Waals surface area contributed by atoms with Gasteiger partial charge in [-0.25, -0.2) is 0 Å². The van der Waals surface area contributed by atoms with Crippen molar-refractivity contribution in [2.24, 2.45) is 0 Å². The molecule has 4 aromatic heterocycles. The average molecular weight is 1060 g/mol. The summed E-state index contributed by atoms with van der Waals surface area (Å²) in [4.78, 5) is 9.84. The maximum atomic E-state index is 6.84. The number of hydrogen-bond donors (Lipinski definition) is 0. The van der Waals surface area contributed by atoms with Crippen LogP contribution in [0.3, 0.4) is 0 Å². The first-order chi connectivity index (χ1) is 32.5. The summed E-state index contributed by atoms with van der Waals surface area (Å²) in [5.74, 6) is 1.31. The van der Waals surface area contributed by atoms with Crippen molar-refractivity contribution in [1.29, 1.82) is 0 Å². The van der Waals surface area contributed by atoms with E-state index in [1.807, 2.05) is 54.7 Å². The number of para-hydroxylation sites is 1. The van der Waals surface area contributed by atoms with E-state index >= 15 is 0 Å². The number of rotatable bonds is 6. The molecule has 8 aromatic carbocycles. The Morgan fingerprint density at radius 1 is 0.559 bits per heavy atom. The van der Waals surface area contributed by atoms with Crippen molar-refractivity contribution in [3.8, 4) is 39.5 Å². The number of furan rings is 2. The molecule has 68 heavy (non-hydrogen) atoms. The van der Waals surface area contributed by atoms with Gasteiger partial charge in [-0.2, -0.15) is 0 Å². The zero-order chi connectivity index (χ0) is 46.0. The predicted molar refractivity (Wildman–Crippen MR) is 278 cm³/mol. The SMILES string of the molecule is CC(C)(C)c1ccnc(-c2[c-]cccc2)c1.CC(C)c1cc(-c2ccccc2)cc(C(C)C)c1-n1c(-c2[c-]ccc3c2oc2cc4c(cc23)oc2ccccc24)nc2ccc3ccccc3c21.[Ir]. The summed E-state index contributed by atoms with van der Waals surface area (Å²) >= 11 is 0. The topological polar surface area (TPSA) is 57.0 Å². The molecule has 0 bridgehead atoms. The van der Waals surface area contributed by atoms with Gasteiger partial charge in [-0.3, -0.25) is 4.98 Å². The quantitative estimate of drug-likeness (QED) is 0.156. The first-order valence-electron chi connectivity index (χ1n) is 23.3. The first-order valence-corrected chi connectivity index (χ1v) is 23.3. The van der Waals surface area contributed by atoms with E-state index in [1.54, 1.807) is 0 Å². The van der Waals surface area contributed by atoms with Gasteiger partial charge in [-0.05, 0) is 98.6 Å². The number of aromatic nitrogens is 3. The third-order valence-electron chi connectivity index (χ3n) is 13.0. The van der Waals surface area contributed by atoms with Gasteiger partial charge in [-0.15, -0.1) is 54.1 Å². The Balaban J connectivity index is 0.000000270. The number of imidazole rings is 1. The molecule has 0 saturated heterocycles. The molecule has 0 aliphatic carbocycles. The molecule has 4 heterocycles. The van der Waals surface area contributed by atoms with E-state index in [1.165, 1.54) is 38.9 Å². The Morgan fingerprint density at radius 3 is 1.96 bits per heavy atom. The Bertz CT molecular complexity index is 3770. The standard InChI is InChI=1S/C47H35N2O2.C15H16N.Ir/c1-27(2)36-23-31(29-13-6-5-7-14-29)24-37(28(3)4)44(36)49-45-32-16-9-8-15-30(32)21-22-40(45)48-47(49)35-19-12-18-34-39-26-42-38(25-43(39)51-46(34)35)33-17-10-11-20-41(33)50-42;1-15(2,3)13-9-10-16-14(11-13)12-7-5-4-6-8-12;/h5-18,20-28H,1-4H3;4-7,9-11H,1-3H3;/q2*-1;. The third kappa shape index (κ3) is 7.92. The minimum Gasteiger partial charge on any atom is -0.501 e. The fourth-order valence-electron chi connectivity index (χ4n) is 9.56. The van der Waals surface area contributed by atoms with Crippen molar-refractivity contribution in [2.45, 2.75) is 65.7 Å². The maximum Gasteiger partial charge on any atom is 0.136 e. The average Bonchev–Trinajstić information content (AvgIpc) is 4.04. The summed E-state index contributed by atoms with van der Waals surface area (Å²) in [5.41, 5.74) is 15.8. The minimum atomic E-state index is 0. The Labute approximate surface area is 410 Å². The molecule has 6 heteroatoms. The molecular weight excluding hydrogens is 1010 g/mol. The third-order valence-corrected chi connectivity index (χ3v) is 13.0. The molecule has 12 rings (SSSR count). The molecule has 0 unspecified atom stereocenters. The van der Waals surface area contributed by atoms with Crippen LogP contribution >= 0.6 is 0 Å². The number of hydrogen-bond acceptors (Lipinski definition) is 4. The van der Waals surface area contributed by atoms with Crippen LogP contribution < -0.4 is 0 Å². The molecule has 0 aliphatic heterocycles. The van der Waals surface area contributed by atoms with Gasteiger partial charge < -0.3 is 18.4 Å². The molecule has 1 radical (unpaired) electrons. The van der Waals surface area contributed by atoms with Crippen molar-refractivity contribution >= 4 is 65.7 Å². The second-order valence-corrected chi connectivity index (χ2v) is 19.2. The molecule has 12 aromatic rings. The van der Waals surface area contributed by atoms with E-state index in [9.17, 15) is 0 Å². The van der Waals surface area contributed by atoms with Crippen LogP contribution in [-0.2, 0) is 25.5 Å². The molecule has 0 saturated carbocycles. The zero-order valence-corrected chi connectivity index (χ0v) is 41.7. The van der Waals surface area contributed by atoms with Crippen LogP contribution in [0.4, 0.5) is 0 Å². The minimum absolute atomic E-state index is 0. The molecule has 0 amide bonds. The first kappa shape index (κ1) is 44.7. The Hall–Kier alpha value is -7.11. The molecular formula is C62H51IrN3O2-2. The van der Waals surface area contributed by atoms with Gasteiger partial charge in [-0.1, -0.05) is 144 Å². The van der Waals surface area contributed by atoms with E-state index in [0.717, 1.165) is 82.9 Å². The maximum absolute atomic E-state index is 6.84. The summed E-state index contributed by atoms with van der Waals surface area (Å²) in [5, 5.41) is 6.49. The summed E-state index contributed by atoms with van der Waals surface area (Å²) in [6.45, 7) is 15.8. The number of benzene rings is 8. The molecule has 0 atom stereocenters. The van der Waals surface area contributed by atoms with Gasteiger partial charge in [0.2, 0.25) is 0 Å². The van der Waals surface area contributed by atoms with Gasteiger partial charge in [0.05, 0.1) is 22.4 Å². The van der Waals surface area contributed by atoms with Crippen molar-refractivity contribution in [3.63, 3.8) is 0 Å². The molecule has 337 valence electrons. The van der Waals surface area contributed by atoms with Gasteiger partial charge in [0, 0.05) is 53.5 Å². The van der Waals surface area contributed by atoms with Gasteiger partial charge in [0.15, 0.2) is 0 Å². The fourth-order valence-corrected chi connectivity index (χ4v) is 9.56. The van der Waals surface area contributed by atoms with Crippen LogP contribution in [0.2, 0.25) is 0 Å². The normalized spacial score (nSPS) is 11.9. The summed E-state index contributed by atoms with van der Waals surface area (Å²) in [6, 6.07) is 63.9. The van der Waals surface area contributed by atoms with Gasteiger partial charge in [0.25, 0.3) is 0 Å². The van der Waals surface area contributed by atoms with Gasteiger partial charge >= 0.3 is 0 Å². The number of fused-ring (bicyclic) bond motifs is 9. The predicted octanol–water partition coefficient (Wildman–Crippen LogP) is 17.2. The van der Waals surface area contributed by atoms with Crippen molar-refractivity contribution in [1.82, 2.24) is 14.5 Å². The second kappa shape index (κ2) is 17.8. The summed E-state index contributed by atoms with van der Waals surface area (Å²) in [7, 11) is 0. The monoisotopic (exact) mass is 1060 g/mol.